The lowest BCUT2D eigenvalue weighted by molar-refractivity contribution is -0.141. The van der Waals surface area contributed by atoms with Crippen molar-refractivity contribution in [2.24, 2.45) is 0 Å². The Balaban J connectivity index is 1.57. The van der Waals surface area contributed by atoms with E-state index < -0.39 is 29.2 Å². The number of hydrogen-bond donors (Lipinski definition) is 2. The van der Waals surface area contributed by atoms with Crippen molar-refractivity contribution >= 4 is 11.8 Å². The lowest BCUT2D eigenvalue weighted by Crippen LogP contribution is -2.35. The number of carbonyl (C=O) groups is 2. The van der Waals surface area contributed by atoms with Gasteiger partial charge >= 0.3 is 6.18 Å². The average Bonchev–Trinajstić information content (AvgIpc) is 3.28. The molecule has 2 N–H and O–H groups in total. The molecule has 33 heavy (non-hydrogen) atoms. The van der Waals surface area contributed by atoms with E-state index >= 15 is 0 Å². The molecule has 0 saturated heterocycles. The van der Waals surface area contributed by atoms with Gasteiger partial charge in [-0.25, -0.2) is 9.67 Å². The molecule has 8 nitrogen and oxygen atoms in total. The maximum Gasteiger partial charge on any atom is 0.435 e. The van der Waals surface area contributed by atoms with Crippen LogP contribution in [0.2, 0.25) is 0 Å². The van der Waals surface area contributed by atoms with Crippen LogP contribution in [0.3, 0.4) is 0 Å². The third-order valence-corrected chi connectivity index (χ3v) is 4.40. The Morgan fingerprint density at radius 2 is 1.73 bits per heavy atom. The van der Waals surface area contributed by atoms with E-state index in [1.165, 1.54) is 6.20 Å². The maximum absolute atomic E-state index is 13.4. The molecule has 0 saturated carbocycles. The van der Waals surface area contributed by atoms with Crippen molar-refractivity contribution in [3.05, 3.63) is 71.7 Å². The van der Waals surface area contributed by atoms with E-state index in [0.717, 1.165) is 17.3 Å². The number of amides is 2. The summed E-state index contributed by atoms with van der Waals surface area (Å²) in [6.07, 6.45) is -1.60. The van der Waals surface area contributed by atoms with E-state index in [1.54, 1.807) is 42.5 Å². The molecule has 0 aliphatic rings. The van der Waals surface area contributed by atoms with Crippen LogP contribution in [0, 0.1) is 0 Å². The Morgan fingerprint density at radius 1 is 1.03 bits per heavy atom. The molecule has 0 aliphatic carbocycles. The summed E-state index contributed by atoms with van der Waals surface area (Å²) in [6.45, 7) is 2.40. The quantitative estimate of drug-likeness (QED) is 0.477. The van der Waals surface area contributed by atoms with E-state index in [1.807, 2.05) is 6.92 Å². The van der Waals surface area contributed by atoms with Gasteiger partial charge in [0.25, 0.3) is 11.8 Å². The molecule has 2 aromatic heterocycles. The van der Waals surface area contributed by atoms with E-state index in [9.17, 15) is 22.8 Å². The third kappa shape index (κ3) is 6.31. The van der Waals surface area contributed by atoms with Crippen LogP contribution in [0.1, 0.15) is 39.8 Å². The van der Waals surface area contributed by atoms with Crippen molar-refractivity contribution in [3.63, 3.8) is 0 Å². The molecule has 0 spiro atoms. The Morgan fingerprint density at radius 3 is 2.33 bits per heavy atom. The predicted molar refractivity (Wildman–Crippen MR) is 113 cm³/mol. The van der Waals surface area contributed by atoms with E-state index in [2.05, 4.69) is 20.7 Å². The molecule has 0 fully saturated rings. The van der Waals surface area contributed by atoms with Crippen LogP contribution in [-0.4, -0.2) is 46.3 Å². The van der Waals surface area contributed by atoms with E-state index in [4.69, 9.17) is 4.74 Å². The first-order chi connectivity index (χ1) is 15.8. The van der Waals surface area contributed by atoms with Crippen molar-refractivity contribution in [1.29, 1.82) is 0 Å². The monoisotopic (exact) mass is 461 g/mol. The van der Waals surface area contributed by atoms with Gasteiger partial charge in [0.1, 0.15) is 0 Å². The number of nitrogens with one attached hydrogen (secondary N) is 2. The van der Waals surface area contributed by atoms with Crippen molar-refractivity contribution in [2.75, 3.05) is 19.7 Å². The van der Waals surface area contributed by atoms with Gasteiger partial charge in [-0.3, -0.25) is 9.59 Å². The van der Waals surface area contributed by atoms with Crippen molar-refractivity contribution in [2.45, 2.75) is 19.5 Å². The van der Waals surface area contributed by atoms with Gasteiger partial charge in [0.05, 0.1) is 23.4 Å². The van der Waals surface area contributed by atoms with Crippen molar-refractivity contribution in [3.8, 4) is 11.6 Å². The maximum atomic E-state index is 13.4. The first kappa shape index (κ1) is 23.8. The summed E-state index contributed by atoms with van der Waals surface area (Å²) in [7, 11) is 0. The van der Waals surface area contributed by atoms with Crippen LogP contribution in [0.5, 0.6) is 5.88 Å². The van der Waals surface area contributed by atoms with Crippen molar-refractivity contribution in [1.82, 2.24) is 25.4 Å². The molecule has 3 aromatic rings. The Bertz CT molecular complexity index is 1080. The van der Waals surface area contributed by atoms with Gasteiger partial charge in [-0.1, -0.05) is 25.1 Å². The molecular formula is C22H22F3N5O3. The zero-order valence-electron chi connectivity index (χ0n) is 17.7. The number of halogens is 3. The van der Waals surface area contributed by atoms with E-state index in [-0.39, 0.29) is 18.7 Å². The van der Waals surface area contributed by atoms with Gasteiger partial charge in [-0.05, 0) is 24.6 Å². The Kier molecular flexibility index (Phi) is 7.65. The topological polar surface area (TPSA) is 98.1 Å². The normalized spacial score (nSPS) is 11.2. The van der Waals surface area contributed by atoms with Gasteiger partial charge < -0.3 is 15.4 Å². The molecule has 174 valence electrons. The number of nitrogens with zero attached hydrogens (tertiary/aromatic N) is 3. The minimum Gasteiger partial charge on any atom is -0.478 e. The summed E-state index contributed by atoms with van der Waals surface area (Å²) in [6, 6.07) is 11.3. The van der Waals surface area contributed by atoms with Crippen LogP contribution in [0.15, 0.2) is 54.9 Å². The zero-order chi connectivity index (χ0) is 23.8. The molecular weight excluding hydrogens is 439 g/mol. The Labute approximate surface area is 187 Å². The number of pyridine rings is 1. The van der Waals surface area contributed by atoms with Gasteiger partial charge in [-0.2, -0.15) is 18.3 Å². The summed E-state index contributed by atoms with van der Waals surface area (Å²) < 4.78 is 46.5. The number of ether oxygens (including phenoxy) is 1. The second kappa shape index (κ2) is 10.6. The van der Waals surface area contributed by atoms with Crippen LogP contribution in [0.4, 0.5) is 13.2 Å². The van der Waals surface area contributed by atoms with Gasteiger partial charge in [0, 0.05) is 31.5 Å². The molecule has 0 radical (unpaired) electrons. The van der Waals surface area contributed by atoms with Crippen molar-refractivity contribution < 1.29 is 27.5 Å². The molecule has 11 heteroatoms. The van der Waals surface area contributed by atoms with Crippen LogP contribution in [-0.2, 0) is 6.18 Å². The molecule has 0 atom stereocenters. The highest BCUT2D eigenvalue weighted by atomic mass is 19.4. The van der Waals surface area contributed by atoms with Gasteiger partial charge in [0.2, 0.25) is 5.88 Å². The smallest absolute Gasteiger partial charge is 0.435 e. The van der Waals surface area contributed by atoms with Gasteiger partial charge in [0.15, 0.2) is 5.69 Å². The SMILES string of the molecule is CCCOc1ccc(C(=O)NCCNC(=O)c2cn(-c3ccccc3)nc2C(F)(F)F)cn1. The van der Waals surface area contributed by atoms with Gasteiger partial charge in [-0.15, -0.1) is 0 Å². The zero-order valence-corrected chi connectivity index (χ0v) is 17.7. The first-order valence-corrected chi connectivity index (χ1v) is 10.2. The summed E-state index contributed by atoms with van der Waals surface area (Å²) in [5.41, 5.74) is -1.23. The fourth-order valence-electron chi connectivity index (χ4n) is 2.82. The second-order valence-corrected chi connectivity index (χ2v) is 6.91. The largest absolute Gasteiger partial charge is 0.478 e. The molecule has 3 rings (SSSR count). The second-order valence-electron chi connectivity index (χ2n) is 6.91. The summed E-state index contributed by atoms with van der Waals surface area (Å²) >= 11 is 0. The third-order valence-electron chi connectivity index (χ3n) is 4.40. The number of carbonyl (C=O) groups excluding carboxylic acids is 2. The molecule has 0 bridgehead atoms. The van der Waals surface area contributed by atoms with E-state index in [0.29, 0.717) is 18.2 Å². The van der Waals surface area contributed by atoms with Crippen LogP contribution in [0.25, 0.3) is 5.69 Å². The summed E-state index contributed by atoms with van der Waals surface area (Å²) in [4.78, 5) is 28.6. The highest BCUT2D eigenvalue weighted by Gasteiger charge is 2.39. The number of aromatic nitrogens is 3. The summed E-state index contributed by atoms with van der Waals surface area (Å²) in [5, 5.41) is 8.48. The molecule has 0 unspecified atom stereocenters. The van der Waals surface area contributed by atoms with Crippen LogP contribution < -0.4 is 15.4 Å². The molecule has 2 heterocycles. The average molecular weight is 461 g/mol. The predicted octanol–water partition coefficient (Wildman–Crippen LogP) is 3.23. The number of rotatable bonds is 9. The standard InChI is InChI=1S/C22H22F3N5O3/c1-2-12-33-18-9-8-15(13-28-18)20(31)26-10-11-27-21(32)17-14-30(16-6-4-3-5-7-16)29-19(17)22(23,24)25/h3-9,13-14H,2,10-12H2,1H3,(H,26,31)(H,27,32). The number of benzene rings is 1. The number of para-hydroxylation sites is 1. The number of hydrogen-bond acceptors (Lipinski definition) is 5. The molecule has 1 aromatic carbocycles. The lowest BCUT2D eigenvalue weighted by Gasteiger charge is -2.09. The fraction of sp³-hybridized carbons (Fsp3) is 0.273. The minimum atomic E-state index is -4.80. The molecule has 0 aliphatic heterocycles. The Hall–Kier alpha value is -3.89. The first-order valence-electron chi connectivity index (χ1n) is 10.2. The van der Waals surface area contributed by atoms with Crippen LogP contribution >= 0.6 is 0 Å². The fourth-order valence-corrected chi connectivity index (χ4v) is 2.82. The minimum absolute atomic E-state index is 0.00678. The highest BCUT2D eigenvalue weighted by molar-refractivity contribution is 5.96. The summed E-state index contributed by atoms with van der Waals surface area (Å²) in [5.74, 6) is -0.985. The highest BCUT2D eigenvalue weighted by Crippen LogP contribution is 2.31. The lowest BCUT2D eigenvalue weighted by atomic mass is 10.2. The molecule has 2 amide bonds. The number of alkyl halides is 3.